The van der Waals surface area contributed by atoms with Crippen LogP contribution in [0, 0.1) is 17.8 Å². The molecule has 0 aliphatic carbocycles. The second kappa shape index (κ2) is 33.9. The van der Waals surface area contributed by atoms with Gasteiger partial charge in [-0.05, 0) is 102 Å². The molecule has 5 rings (SSSR count). The highest BCUT2D eigenvalue weighted by Gasteiger charge is 2.14. The van der Waals surface area contributed by atoms with Crippen molar-refractivity contribution in [3.8, 4) is 0 Å². The summed E-state index contributed by atoms with van der Waals surface area (Å²) < 4.78 is 29.7. The number of nitrogens with one attached hydrogen (secondary N) is 2. The van der Waals surface area contributed by atoms with Crippen LogP contribution in [0.3, 0.4) is 0 Å². The number of amides is 1. The Kier molecular flexibility index (Phi) is 32.7. The van der Waals surface area contributed by atoms with Gasteiger partial charge in [-0.3, -0.25) is 14.4 Å². The molecule has 13 heteroatoms. The summed E-state index contributed by atoms with van der Waals surface area (Å²) in [5, 5.41) is 6.18. The molecular formula is C35H68BN3O9. The summed E-state index contributed by atoms with van der Waals surface area (Å²) in [5.74, 6) is 1.18. The fourth-order valence-corrected chi connectivity index (χ4v) is 5.06. The van der Waals surface area contributed by atoms with E-state index in [0.29, 0.717) is 18.3 Å². The number of nitrogens with two attached hydrogens (primary N) is 1. The van der Waals surface area contributed by atoms with E-state index >= 15 is 0 Å². The lowest BCUT2D eigenvalue weighted by Gasteiger charge is -2.21. The molecule has 280 valence electrons. The van der Waals surface area contributed by atoms with Crippen LogP contribution in [0.5, 0.6) is 0 Å². The van der Waals surface area contributed by atoms with E-state index in [1.54, 1.807) is 6.92 Å². The second-order valence-corrected chi connectivity index (χ2v) is 12.4. The number of carbonyl (C=O) groups is 3. The molecule has 12 nitrogen and oxygen atoms in total. The normalized spacial score (nSPS) is 21.1. The molecule has 0 bridgehead atoms. The predicted molar refractivity (Wildman–Crippen MR) is 189 cm³/mol. The number of rotatable bonds is 7. The lowest BCUT2D eigenvalue weighted by molar-refractivity contribution is -0.156. The summed E-state index contributed by atoms with van der Waals surface area (Å²) in [6.45, 7) is 18.4. The smallest absolute Gasteiger partial charge is 0.310 e. The minimum Gasteiger partial charge on any atom is -0.394 e. The first-order valence-corrected chi connectivity index (χ1v) is 18.2. The molecular weight excluding hydrogens is 617 g/mol. The second-order valence-electron chi connectivity index (χ2n) is 12.4. The first kappa shape index (κ1) is 46.4. The Hall–Kier alpha value is -1.61. The van der Waals surface area contributed by atoms with Crippen LogP contribution in [-0.2, 0) is 42.8 Å². The van der Waals surface area contributed by atoms with E-state index in [9.17, 15) is 14.4 Å². The zero-order valence-corrected chi connectivity index (χ0v) is 30.6. The van der Waals surface area contributed by atoms with Gasteiger partial charge < -0.3 is 44.8 Å². The Bertz CT molecular complexity index is 734. The van der Waals surface area contributed by atoms with Gasteiger partial charge in [0.2, 0.25) is 5.91 Å². The van der Waals surface area contributed by atoms with Crippen LogP contribution in [0.15, 0.2) is 0 Å². The number of esters is 2. The van der Waals surface area contributed by atoms with Crippen LogP contribution in [-0.4, -0.2) is 117 Å². The van der Waals surface area contributed by atoms with Crippen LogP contribution in [0.25, 0.3) is 0 Å². The third-order valence-corrected chi connectivity index (χ3v) is 8.08. The lowest BCUT2D eigenvalue weighted by atomic mass is 9.98. The minimum absolute atomic E-state index is 0.0662. The van der Waals surface area contributed by atoms with Crippen molar-refractivity contribution >= 4 is 25.7 Å². The van der Waals surface area contributed by atoms with Crippen molar-refractivity contribution in [1.82, 2.24) is 10.6 Å². The molecule has 0 spiro atoms. The Morgan fingerprint density at radius 2 is 1.12 bits per heavy atom. The van der Waals surface area contributed by atoms with Gasteiger partial charge in [0.05, 0.1) is 7.85 Å². The molecule has 1 unspecified atom stereocenters. The molecule has 0 aromatic heterocycles. The fraction of sp³-hybridized carbons (Fsp3) is 0.914. The Labute approximate surface area is 292 Å². The molecule has 5 fully saturated rings. The minimum atomic E-state index is -0.562. The van der Waals surface area contributed by atoms with Gasteiger partial charge in [0, 0.05) is 92.9 Å². The van der Waals surface area contributed by atoms with E-state index in [1.165, 1.54) is 52.5 Å². The largest absolute Gasteiger partial charge is 0.394 e. The molecule has 5 heterocycles. The standard InChI is InChI=1S/C8H15NO2.C8H17NO.C6H13NO.C5H9BO.C4H6O3.C4H8O/c1-7(10)9-6-8-2-4-11-5-3-8;1-2-9-7-8-3-5-10-6-4-8;7-5-6-1-3-8-4-2-6;6-4-5-2-1-3-7-5;1-3(5)7-4(2)6;1-2-4-5-3-1/h8H,2-6H2,1H3,(H,9,10);8-9H,2-7H2,1H3;6H,1-5,7H2;5H,1-4H2;1-2H3;1-4H2. The topological polar surface area (TPSA) is 157 Å². The molecule has 0 saturated carbocycles. The highest BCUT2D eigenvalue weighted by atomic mass is 16.6. The maximum Gasteiger partial charge on any atom is 0.310 e. The van der Waals surface area contributed by atoms with Gasteiger partial charge in [0.25, 0.3) is 0 Å². The third-order valence-electron chi connectivity index (χ3n) is 8.08. The van der Waals surface area contributed by atoms with Crippen molar-refractivity contribution in [3.05, 3.63) is 0 Å². The molecule has 0 aromatic rings. The van der Waals surface area contributed by atoms with Crippen LogP contribution in [0.1, 0.15) is 91.9 Å². The summed E-state index contributed by atoms with van der Waals surface area (Å²) in [4.78, 5) is 30.2. The highest BCUT2D eigenvalue weighted by Crippen LogP contribution is 2.15. The average molecular weight is 686 g/mol. The monoisotopic (exact) mass is 686 g/mol. The number of hydrogen-bond donors (Lipinski definition) is 3. The van der Waals surface area contributed by atoms with Crippen molar-refractivity contribution in [2.24, 2.45) is 23.5 Å². The van der Waals surface area contributed by atoms with Crippen molar-refractivity contribution in [2.75, 3.05) is 85.6 Å². The SMILES string of the molecule is C1CCOC1.CC(=O)NCC1CCOCC1.CC(=O)OC(C)=O.CCNCC1CCOCC1.NCC1CCOCC1.[B]CC1CCCO1. The van der Waals surface area contributed by atoms with Crippen LogP contribution < -0.4 is 16.4 Å². The van der Waals surface area contributed by atoms with Gasteiger partial charge in [-0.2, -0.15) is 0 Å². The zero-order chi connectivity index (χ0) is 35.7. The summed E-state index contributed by atoms with van der Waals surface area (Å²) in [6.07, 6.45) is 13.0. The first-order chi connectivity index (χ1) is 23.2. The molecule has 1 atom stereocenters. The summed E-state index contributed by atoms with van der Waals surface area (Å²) in [5.41, 5.74) is 5.45. The van der Waals surface area contributed by atoms with E-state index < -0.39 is 11.9 Å². The van der Waals surface area contributed by atoms with Crippen LogP contribution in [0.4, 0.5) is 0 Å². The van der Waals surface area contributed by atoms with Crippen molar-refractivity contribution < 1.29 is 42.8 Å². The van der Waals surface area contributed by atoms with E-state index in [0.717, 1.165) is 123 Å². The highest BCUT2D eigenvalue weighted by molar-refractivity contribution is 6.08. The Balaban J connectivity index is 0.000000561. The number of carbonyl (C=O) groups excluding carboxylic acids is 3. The van der Waals surface area contributed by atoms with E-state index in [-0.39, 0.29) is 5.91 Å². The average Bonchev–Trinajstić information content (AvgIpc) is 3.87. The zero-order valence-electron chi connectivity index (χ0n) is 30.6. The summed E-state index contributed by atoms with van der Waals surface area (Å²) in [6, 6.07) is 0. The quantitative estimate of drug-likeness (QED) is 0.205. The fourth-order valence-electron chi connectivity index (χ4n) is 5.06. The van der Waals surface area contributed by atoms with E-state index in [4.69, 9.17) is 37.3 Å². The molecule has 4 N–H and O–H groups in total. The van der Waals surface area contributed by atoms with E-state index in [1.807, 2.05) is 0 Å². The number of ether oxygens (including phenoxy) is 6. The van der Waals surface area contributed by atoms with Gasteiger partial charge in [-0.25, -0.2) is 0 Å². The summed E-state index contributed by atoms with van der Waals surface area (Å²) in [7, 11) is 5.31. The molecule has 48 heavy (non-hydrogen) atoms. The van der Waals surface area contributed by atoms with Crippen molar-refractivity contribution in [1.29, 1.82) is 0 Å². The Morgan fingerprint density at radius 3 is 1.40 bits per heavy atom. The maximum absolute atomic E-state index is 10.5. The number of hydrogen-bond acceptors (Lipinski definition) is 11. The van der Waals surface area contributed by atoms with Crippen molar-refractivity contribution in [2.45, 2.75) is 104 Å². The molecule has 0 aromatic carbocycles. The lowest BCUT2D eigenvalue weighted by Crippen LogP contribution is -2.30. The van der Waals surface area contributed by atoms with Gasteiger partial charge in [-0.15, -0.1) is 0 Å². The predicted octanol–water partition coefficient (Wildman–Crippen LogP) is 3.59. The maximum atomic E-state index is 10.5. The van der Waals surface area contributed by atoms with Gasteiger partial charge in [0.15, 0.2) is 0 Å². The molecule has 5 aliphatic rings. The van der Waals surface area contributed by atoms with Gasteiger partial charge >= 0.3 is 11.9 Å². The molecule has 5 aliphatic heterocycles. The van der Waals surface area contributed by atoms with Crippen LogP contribution in [0.2, 0.25) is 6.32 Å². The van der Waals surface area contributed by atoms with Crippen molar-refractivity contribution in [3.63, 3.8) is 0 Å². The third kappa shape index (κ3) is 31.6. The Morgan fingerprint density at radius 1 is 0.667 bits per heavy atom. The van der Waals surface area contributed by atoms with Crippen LogP contribution >= 0.6 is 0 Å². The van der Waals surface area contributed by atoms with Gasteiger partial charge in [-0.1, -0.05) is 13.2 Å². The van der Waals surface area contributed by atoms with E-state index in [2.05, 4.69) is 22.3 Å². The molecule has 5 saturated heterocycles. The molecule has 2 radical (unpaired) electrons. The summed E-state index contributed by atoms with van der Waals surface area (Å²) >= 11 is 0. The molecule has 1 amide bonds. The first-order valence-electron chi connectivity index (χ1n) is 18.2. The van der Waals surface area contributed by atoms with Gasteiger partial charge in [0.1, 0.15) is 0 Å².